The van der Waals surface area contributed by atoms with Crippen molar-refractivity contribution in [2.45, 2.75) is 29.5 Å². The molecule has 0 amide bonds. The van der Waals surface area contributed by atoms with Gasteiger partial charge in [0, 0.05) is 27.5 Å². The van der Waals surface area contributed by atoms with Crippen molar-refractivity contribution < 1.29 is 13.2 Å². The standard InChI is InChI=1S/C12H14Br2N2O3S/c13-6-1-2-9(8(14)5-6)20(17,18)16-11-10(15)7-3-4-19-12(7)11/h1-2,5,7,10-12,16H,3-4,15H2. The van der Waals surface area contributed by atoms with E-state index >= 15 is 0 Å². The first-order valence-corrected chi connectivity index (χ1v) is 9.31. The lowest BCUT2D eigenvalue weighted by molar-refractivity contribution is -0.00924. The summed E-state index contributed by atoms with van der Waals surface area (Å²) < 4.78 is 34.4. The van der Waals surface area contributed by atoms with Crippen molar-refractivity contribution in [1.82, 2.24) is 4.72 Å². The molecule has 1 heterocycles. The summed E-state index contributed by atoms with van der Waals surface area (Å²) in [6.07, 6.45) is 0.820. The summed E-state index contributed by atoms with van der Waals surface area (Å²) in [7, 11) is -3.62. The zero-order valence-electron chi connectivity index (χ0n) is 10.4. The Hall–Kier alpha value is 0.01000. The average Bonchev–Trinajstić information content (AvgIpc) is 2.80. The van der Waals surface area contributed by atoms with Crippen LogP contribution < -0.4 is 10.5 Å². The summed E-state index contributed by atoms with van der Waals surface area (Å²) in [6, 6.07) is 4.42. The number of fused-ring (bicyclic) bond motifs is 1. The summed E-state index contributed by atoms with van der Waals surface area (Å²) in [6.45, 7) is 0.656. The number of hydrogen-bond acceptors (Lipinski definition) is 4. The zero-order valence-corrected chi connectivity index (χ0v) is 14.4. The first-order valence-electron chi connectivity index (χ1n) is 6.25. The van der Waals surface area contributed by atoms with Gasteiger partial charge in [0.2, 0.25) is 10.0 Å². The molecule has 0 spiro atoms. The van der Waals surface area contributed by atoms with Gasteiger partial charge in [0.05, 0.1) is 17.0 Å². The SMILES string of the molecule is NC1C2CCOC2C1NS(=O)(=O)c1ccc(Br)cc1Br. The summed E-state index contributed by atoms with van der Waals surface area (Å²) in [5.41, 5.74) is 6.03. The van der Waals surface area contributed by atoms with Crippen LogP contribution >= 0.6 is 31.9 Å². The minimum atomic E-state index is -3.62. The van der Waals surface area contributed by atoms with Crippen LogP contribution in [0.4, 0.5) is 0 Å². The van der Waals surface area contributed by atoms with Crippen molar-refractivity contribution in [2.24, 2.45) is 11.7 Å². The van der Waals surface area contributed by atoms with Gasteiger partial charge in [-0.25, -0.2) is 13.1 Å². The van der Waals surface area contributed by atoms with Crippen LogP contribution in [-0.4, -0.2) is 33.2 Å². The first-order chi connectivity index (χ1) is 9.40. The van der Waals surface area contributed by atoms with Gasteiger partial charge in [-0.1, -0.05) is 15.9 Å². The second kappa shape index (κ2) is 5.33. The fraction of sp³-hybridized carbons (Fsp3) is 0.500. The van der Waals surface area contributed by atoms with E-state index in [9.17, 15) is 8.42 Å². The molecule has 5 nitrogen and oxygen atoms in total. The summed E-state index contributed by atoms with van der Waals surface area (Å²) in [4.78, 5) is 0.203. The molecule has 0 radical (unpaired) electrons. The molecule has 1 saturated heterocycles. The first kappa shape index (κ1) is 14.9. The van der Waals surface area contributed by atoms with Crippen molar-refractivity contribution >= 4 is 41.9 Å². The lowest BCUT2D eigenvalue weighted by Crippen LogP contribution is -2.68. The summed E-state index contributed by atoms with van der Waals surface area (Å²) in [5, 5.41) is 0. The Kier molecular flexibility index (Phi) is 3.98. The number of benzene rings is 1. The predicted molar refractivity (Wildman–Crippen MR) is 81.8 cm³/mol. The van der Waals surface area contributed by atoms with E-state index in [2.05, 4.69) is 36.6 Å². The number of sulfonamides is 1. The Morgan fingerprint density at radius 1 is 1.35 bits per heavy atom. The highest BCUT2D eigenvalue weighted by atomic mass is 79.9. The van der Waals surface area contributed by atoms with Gasteiger partial charge in [0.1, 0.15) is 0 Å². The summed E-state index contributed by atoms with van der Waals surface area (Å²) >= 11 is 6.57. The molecule has 0 bridgehead atoms. The quantitative estimate of drug-likeness (QED) is 0.770. The highest BCUT2D eigenvalue weighted by molar-refractivity contribution is 9.11. The van der Waals surface area contributed by atoms with Crippen molar-refractivity contribution in [3.63, 3.8) is 0 Å². The molecule has 1 aromatic carbocycles. The fourth-order valence-corrected chi connectivity index (χ4v) is 5.86. The van der Waals surface area contributed by atoms with E-state index in [0.29, 0.717) is 11.1 Å². The Balaban J connectivity index is 1.82. The highest BCUT2D eigenvalue weighted by Crippen LogP contribution is 2.38. The molecule has 3 N–H and O–H groups in total. The average molecular weight is 426 g/mol. The maximum atomic E-state index is 12.4. The van der Waals surface area contributed by atoms with E-state index in [0.717, 1.165) is 10.9 Å². The molecular formula is C12H14Br2N2O3S. The molecule has 1 saturated carbocycles. The largest absolute Gasteiger partial charge is 0.376 e. The topological polar surface area (TPSA) is 81.4 Å². The van der Waals surface area contributed by atoms with E-state index < -0.39 is 10.0 Å². The van der Waals surface area contributed by atoms with Crippen molar-refractivity contribution in [2.75, 3.05) is 6.61 Å². The lowest BCUT2D eigenvalue weighted by atomic mass is 9.73. The Bertz CT molecular complexity index is 638. The lowest BCUT2D eigenvalue weighted by Gasteiger charge is -2.45. The maximum Gasteiger partial charge on any atom is 0.242 e. The molecule has 1 aliphatic heterocycles. The number of rotatable bonds is 3. The van der Waals surface area contributed by atoms with E-state index in [1.54, 1.807) is 18.2 Å². The number of halogens is 2. The third kappa shape index (κ3) is 2.46. The number of nitrogens with one attached hydrogen (secondary N) is 1. The van der Waals surface area contributed by atoms with Crippen LogP contribution in [0.25, 0.3) is 0 Å². The van der Waals surface area contributed by atoms with Gasteiger partial charge < -0.3 is 10.5 Å². The van der Waals surface area contributed by atoms with E-state index in [4.69, 9.17) is 10.5 Å². The molecule has 8 heteroatoms. The molecular weight excluding hydrogens is 412 g/mol. The fourth-order valence-electron chi connectivity index (χ4n) is 2.83. The molecule has 4 unspecified atom stereocenters. The molecule has 2 aliphatic rings. The van der Waals surface area contributed by atoms with Gasteiger partial charge in [-0.15, -0.1) is 0 Å². The maximum absolute atomic E-state index is 12.4. The van der Waals surface area contributed by atoms with Gasteiger partial charge in [0.25, 0.3) is 0 Å². The van der Waals surface area contributed by atoms with Crippen molar-refractivity contribution in [3.8, 4) is 0 Å². The Morgan fingerprint density at radius 2 is 2.10 bits per heavy atom. The smallest absolute Gasteiger partial charge is 0.242 e. The van der Waals surface area contributed by atoms with E-state index in [1.807, 2.05) is 0 Å². The van der Waals surface area contributed by atoms with Crippen LogP contribution in [-0.2, 0) is 14.8 Å². The van der Waals surface area contributed by atoms with Crippen molar-refractivity contribution in [3.05, 3.63) is 27.1 Å². The number of hydrogen-bond donors (Lipinski definition) is 2. The van der Waals surface area contributed by atoms with E-state index in [-0.39, 0.29) is 29.0 Å². The van der Waals surface area contributed by atoms with Gasteiger partial charge >= 0.3 is 0 Å². The molecule has 2 fully saturated rings. The van der Waals surface area contributed by atoms with Crippen LogP contribution in [0.5, 0.6) is 0 Å². The monoisotopic (exact) mass is 424 g/mol. The van der Waals surface area contributed by atoms with Crippen LogP contribution in [0, 0.1) is 5.92 Å². The number of ether oxygens (including phenoxy) is 1. The van der Waals surface area contributed by atoms with Gasteiger partial charge in [0.15, 0.2) is 0 Å². The highest BCUT2D eigenvalue weighted by Gasteiger charge is 2.53. The Labute approximate surface area is 134 Å². The molecule has 1 aliphatic carbocycles. The minimum Gasteiger partial charge on any atom is -0.376 e. The van der Waals surface area contributed by atoms with Crippen molar-refractivity contribution in [1.29, 1.82) is 0 Å². The molecule has 3 rings (SSSR count). The van der Waals surface area contributed by atoms with E-state index in [1.165, 1.54) is 0 Å². The van der Waals surface area contributed by atoms with Crippen LogP contribution in [0.2, 0.25) is 0 Å². The molecule has 4 atom stereocenters. The third-order valence-electron chi connectivity index (χ3n) is 3.92. The third-order valence-corrected chi connectivity index (χ3v) is 6.85. The second-order valence-electron chi connectivity index (χ2n) is 5.09. The van der Waals surface area contributed by atoms with Crippen LogP contribution in [0.3, 0.4) is 0 Å². The Morgan fingerprint density at radius 3 is 2.80 bits per heavy atom. The minimum absolute atomic E-state index is 0.0889. The second-order valence-corrected chi connectivity index (χ2v) is 8.54. The number of nitrogens with two attached hydrogens (primary N) is 1. The molecule has 20 heavy (non-hydrogen) atoms. The summed E-state index contributed by atoms with van der Waals surface area (Å²) in [5.74, 6) is 0.274. The zero-order chi connectivity index (χ0) is 14.5. The normalized spacial score (nSPS) is 32.8. The van der Waals surface area contributed by atoms with Gasteiger partial charge in [-0.05, 0) is 40.5 Å². The van der Waals surface area contributed by atoms with Gasteiger partial charge in [-0.2, -0.15) is 0 Å². The molecule has 1 aromatic rings. The molecule has 0 aromatic heterocycles. The van der Waals surface area contributed by atoms with Gasteiger partial charge in [-0.3, -0.25) is 0 Å². The predicted octanol–water partition coefficient (Wildman–Crippen LogP) is 1.60. The van der Waals surface area contributed by atoms with Crippen LogP contribution in [0.15, 0.2) is 32.0 Å². The van der Waals surface area contributed by atoms with Crippen LogP contribution in [0.1, 0.15) is 6.42 Å². The molecule has 110 valence electrons.